The van der Waals surface area contributed by atoms with Gasteiger partial charge >= 0.3 is 6.18 Å². The zero-order valence-corrected chi connectivity index (χ0v) is 13.9. The number of hydrogen-bond donors (Lipinski definition) is 1. The van der Waals surface area contributed by atoms with Crippen LogP contribution in [0.4, 0.5) is 18.9 Å². The van der Waals surface area contributed by atoms with E-state index in [4.69, 9.17) is 11.6 Å². The molecule has 1 heterocycles. The maximum absolute atomic E-state index is 12.5. The maximum Gasteiger partial charge on any atom is 0.416 e. The lowest BCUT2D eigenvalue weighted by atomic mass is 10.2. The topological polar surface area (TPSA) is 46.2 Å². The Hall–Kier alpha value is -0.770. The molecule has 1 N–H and O–H groups in total. The van der Waals surface area contributed by atoms with Crippen molar-refractivity contribution in [3.05, 3.63) is 44.7 Å². The first-order chi connectivity index (χ1) is 9.59. The number of halogens is 5. The third-order valence-corrected chi connectivity index (χ3v) is 6.15. The van der Waals surface area contributed by atoms with Gasteiger partial charge in [-0.05, 0) is 46.3 Å². The lowest BCUT2D eigenvalue weighted by Crippen LogP contribution is -2.12. The Kier molecular flexibility index (Phi) is 4.57. The monoisotopic (exact) mass is 419 g/mol. The standard InChI is InChI=1S/C11H6BrClF3NO2S2/c12-9-3-4-10(20-9)21(18,19)17-8-2-1-6(5-7(8)13)11(14,15)16/h1-5,17H. The summed E-state index contributed by atoms with van der Waals surface area (Å²) in [4.78, 5) is 0. The van der Waals surface area contributed by atoms with Gasteiger partial charge in [-0.1, -0.05) is 11.6 Å². The van der Waals surface area contributed by atoms with E-state index in [1.54, 1.807) is 6.07 Å². The fraction of sp³-hybridized carbons (Fsp3) is 0.0909. The van der Waals surface area contributed by atoms with Crippen LogP contribution in [0.5, 0.6) is 0 Å². The van der Waals surface area contributed by atoms with Gasteiger partial charge in [-0.25, -0.2) is 8.42 Å². The molecular formula is C11H6BrClF3NO2S2. The Morgan fingerprint density at radius 3 is 2.33 bits per heavy atom. The molecule has 0 aliphatic heterocycles. The fourth-order valence-electron chi connectivity index (χ4n) is 1.41. The van der Waals surface area contributed by atoms with Crippen LogP contribution in [0.25, 0.3) is 0 Å². The van der Waals surface area contributed by atoms with Gasteiger partial charge in [0.2, 0.25) is 0 Å². The number of anilines is 1. The first kappa shape index (κ1) is 16.6. The zero-order valence-electron chi connectivity index (χ0n) is 9.91. The van der Waals surface area contributed by atoms with Crippen molar-refractivity contribution in [1.29, 1.82) is 0 Å². The van der Waals surface area contributed by atoms with Crippen LogP contribution in [0.1, 0.15) is 5.56 Å². The van der Waals surface area contributed by atoms with E-state index in [0.717, 1.165) is 23.5 Å². The summed E-state index contributed by atoms with van der Waals surface area (Å²) in [6.07, 6.45) is -4.54. The van der Waals surface area contributed by atoms with E-state index in [0.29, 0.717) is 9.85 Å². The Morgan fingerprint density at radius 1 is 1.19 bits per heavy atom. The molecular weight excluding hydrogens is 415 g/mol. The van der Waals surface area contributed by atoms with Crippen LogP contribution in [-0.2, 0) is 16.2 Å². The van der Waals surface area contributed by atoms with Gasteiger partial charge in [0.15, 0.2) is 0 Å². The van der Waals surface area contributed by atoms with E-state index in [-0.39, 0.29) is 14.9 Å². The van der Waals surface area contributed by atoms with Crippen LogP contribution in [0.3, 0.4) is 0 Å². The molecule has 0 saturated carbocycles. The minimum atomic E-state index is -4.54. The lowest BCUT2D eigenvalue weighted by molar-refractivity contribution is -0.137. The van der Waals surface area contributed by atoms with Gasteiger partial charge < -0.3 is 0 Å². The summed E-state index contributed by atoms with van der Waals surface area (Å²) in [6.45, 7) is 0. The summed E-state index contributed by atoms with van der Waals surface area (Å²) in [5.41, 5.74) is -1.07. The second-order valence-corrected chi connectivity index (χ2v) is 8.64. The van der Waals surface area contributed by atoms with E-state index in [1.165, 1.54) is 6.07 Å². The van der Waals surface area contributed by atoms with Gasteiger partial charge in [0.25, 0.3) is 10.0 Å². The van der Waals surface area contributed by atoms with Crippen LogP contribution in [0.2, 0.25) is 5.02 Å². The van der Waals surface area contributed by atoms with Crippen molar-refractivity contribution in [3.8, 4) is 0 Å². The van der Waals surface area contributed by atoms with Gasteiger partial charge in [0.05, 0.1) is 20.1 Å². The minimum absolute atomic E-state index is 0.0188. The molecule has 3 nitrogen and oxygen atoms in total. The largest absolute Gasteiger partial charge is 0.416 e. The molecule has 0 aliphatic carbocycles. The fourth-order valence-corrected chi connectivity index (χ4v) is 4.78. The van der Waals surface area contributed by atoms with Crippen LogP contribution >= 0.6 is 38.9 Å². The lowest BCUT2D eigenvalue weighted by Gasteiger charge is -2.11. The zero-order chi connectivity index (χ0) is 15.8. The SMILES string of the molecule is O=S(=O)(Nc1ccc(C(F)(F)F)cc1Cl)c1ccc(Br)s1. The van der Waals surface area contributed by atoms with Gasteiger partial charge in [-0.15, -0.1) is 11.3 Å². The highest BCUT2D eigenvalue weighted by Gasteiger charge is 2.31. The third kappa shape index (κ3) is 3.91. The van der Waals surface area contributed by atoms with E-state index in [2.05, 4.69) is 20.7 Å². The van der Waals surface area contributed by atoms with Gasteiger partial charge in [0, 0.05) is 0 Å². The second-order valence-electron chi connectivity index (χ2n) is 3.86. The third-order valence-electron chi connectivity index (χ3n) is 2.35. The summed E-state index contributed by atoms with van der Waals surface area (Å²) < 4.78 is 64.4. The molecule has 2 rings (SSSR count). The van der Waals surface area contributed by atoms with Gasteiger partial charge in [-0.2, -0.15) is 13.2 Å². The van der Waals surface area contributed by atoms with Crippen molar-refractivity contribution in [2.45, 2.75) is 10.4 Å². The Bertz CT molecular complexity index is 774. The van der Waals surface area contributed by atoms with Crippen molar-refractivity contribution in [2.75, 3.05) is 4.72 Å². The van der Waals surface area contributed by atoms with E-state index in [1.807, 2.05) is 0 Å². The number of sulfonamides is 1. The molecule has 0 amide bonds. The van der Waals surface area contributed by atoms with Crippen LogP contribution in [-0.4, -0.2) is 8.42 Å². The van der Waals surface area contributed by atoms with Crippen LogP contribution < -0.4 is 4.72 Å². The molecule has 1 aromatic heterocycles. The molecule has 0 aliphatic rings. The molecule has 114 valence electrons. The minimum Gasteiger partial charge on any atom is -0.277 e. The highest BCUT2D eigenvalue weighted by Crippen LogP contribution is 2.35. The molecule has 1 aromatic carbocycles. The van der Waals surface area contributed by atoms with Gasteiger partial charge in [-0.3, -0.25) is 4.72 Å². The van der Waals surface area contributed by atoms with Crippen LogP contribution in [0, 0.1) is 0 Å². The number of thiophene rings is 1. The molecule has 0 bridgehead atoms. The summed E-state index contributed by atoms with van der Waals surface area (Å²) >= 11 is 9.80. The molecule has 10 heteroatoms. The number of benzene rings is 1. The summed E-state index contributed by atoms with van der Waals surface area (Å²) in [5.74, 6) is 0. The highest BCUT2D eigenvalue weighted by atomic mass is 79.9. The highest BCUT2D eigenvalue weighted by molar-refractivity contribution is 9.11. The predicted molar refractivity (Wildman–Crippen MR) is 79.3 cm³/mol. The molecule has 0 saturated heterocycles. The Morgan fingerprint density at radius 2 is 1.86 bits per heavy atom. The average Bonchev–Trinajstić information content (AvgIpc) is 2.78. The molecule has 0 unspecified atom stereocenters. The van der Waals surface area contributed by atoms with Crippen molar-refractivity contribution in [1.82, 2.24) is 0 Å². The van der Waals surface area contributed by atoms with Crippen molar-refractivity contribution >= 4 is 54.6 Å². The number of nitrogens with one attached hydrogen (secondary N) is 1. The van der Waals surface area contributed by atoms with Crippen molar-refractivity contribution in [3.63, 3.8) is 0 Å². The number of alkyl halides is 3. The summed E-state index contributed by atoms with van der Waals surface area (Å²) in [7, 11) is -3.89. The predicted octanol–water partition coefficient (Wildman–Crippen LogP) is 4.98. The Labute approximate surface area is 135 Å². The smallest absolute Gasteiger partial charge is 0.277 e. The number of hydrogen-bond acceptors (Lipinski definition) is 3. The van der Waals surface area contributed by atoms with Gasteiger partial charge in [0.1, 0.15) is 4.21 Å². The summed E-state index contributed by atoms with van der Waals surface area (Å²) in [5, 5.41) is -0.330. The van der Waals surface area contributed by atoms with E-state index < -0.39 is 21.8 Å². The molecule has 0 atom stereocenters. The van der Waals surface area contributed by atoms with Crippen molar-refractivity contribution < 1.29 is 21.6 Å². The maximum atomic E-state index is 12.5. The normalized spacial score (nSPS) is 12.4. The quantitative estimate of drug-likeness (QED) is 0.761. The molecule has 0 fully saturated rings. The molecule has 21 heavy (non-hydrogen) atoms. The molecule has 0 spiro atoms. The van der Waals surface area contributed by atoms with E-state index >= 15 is 0 Å². The molecule has 2 aromatic rings. The second kappa shape index (κ2) is 5.79. The average molecular weight is 421 g/mol. The molecule has 0 radical (unpaired) electrons. The first-order valence-electron chi connectivity index (χ1n) is 5.24. The Balaban J connectivity index is 2.32. The van der Waals surface area contributed by atoms with Crippen molar-refractivity contribution in [2.24, 2.45) is 0 Å². The number of rotatable bonds is 3. The first-order valence-corrected chi connectivity index (χ1v) is 8.71. The van der Waals surface area contributed by atoms with Crippen LogP contribution in [0.15, 0.2) is 38.3 Å². The van der Waals surface area contributed by atoms with E-state index in [9.17, 15) is 21.6 Å². The summed E-state index contributed by atoms with van der Waals surface area (Å²) in [6, 6.07) is 5.33.